The van der Waals surface area contributed by atoms with Crippen LogP contribution in [0.5, 0.6) is 0 Å². The topological polar surface area (TPSA) is 75.6 Å². The Balaban J connectivity index is 2.50. The average Bonchev–Trinajstić information content (AvgIpc) is 2.28. The Morgan fingerprint density at radius 2 is 2.00 bits per heavy atom. The van der Waals surface area contributed by atoms with E-state index in [4.69, 9.17) is 4.74 Å². The van der Waals surface area contributed by atoms with Gasteiger partial charge in [0.05, 0.1) is 18.1 Å². The van der Waals surface area contributed by atoms with E-state index in [0.29, 0.717) is 26.1 Å². The summed E-state index contributed by atoms with van der Waals surface area (Å²) in [5, 5.41) is 12.1. The molecule has 1 amide bonds. The standard InChI is InChI=1S/C14H25NO4/c1-4-19-9-11(10(2)3)15-12(16)8-14(13(17)18)6-5-7-14/h10-11H,4-9H2,1-3H3,(H,15,16)(H,17,18). The van der Waals surface area contributed by atoms with Crippen molar-refractivity contribution in [3.8, 4) is 0 Å². The van der Waals surface area contributed by atoms with Crippen molar-refractivity contribution in [3.63, 3.8) is 0 Å². The number of nitrogens with one attached hydrogen (secondary N) is 1. The van der Waals surface area contributed by atoms with Crippen LogP contribution in [0, 0.1) is 11.3 Å². The molecule has 0 radical (unpaired) electrons. The first-order valence-electron chi connectivity index (χ1n) is 7.02. The number of ether oxygens (including phenoxy) is 1. The third-order valence-electron chi connectivity index (χ3n) is 3.92. The van der Waals surface area contributed by atoms with Crippen LogP contribution in [0.25, 0.3) is 0 Å². The summed E-state index contributed by atoms with van der Waals surface area (Å²) in [7, 11) is 0. The minimum Gasteiger partial charge on any atom is -0.481 e. The summed E-state index contributed by atoms with van der Waals surface area (Å²) in [5.41, 5.74) is -0.822. The van der Waals surface area contributed by atoms with E-state index >= 15 is 0 Å². The minimum atomic E-state index is -0.847. The van der Waals surface area contributed by atoms with Gasteiger partial charge in [-0.15, -0.1) is 0 Å². The highest BCUT2D eigenvalue weighted by molar-refractivity contribution is 5.85. The van der Waals surface area contributed by atoms with Crippen LogP contribution in [-0.2, 0) is 14.3 Å². The molecular weight excluding hydrogens is 246 g/mol. The van der Waals surface area contributed by atoms with Crippen molar-refractivity contribution in [3.05, 3.63) is 0 Å². The summed E-state index contributed by atoms with van der Waals surface area (Å²) in [5.74, 6) is -0.766. The second-order valence-corrected chi connectivity index (χ2v) is 5.69. The summed E-state index contributed by atoms with van der Waals surface area (Å²) in [4.78, 5) is 23.2. The zero-order valence-electron chi connectivity index (χ0n) is 12.1. The number of carboxylic acid groups (broad SMARTS) is 1. The summed E-state index contributed by atoms with van der Waals surface area (Å²) in [6, 6.07) is -0.0571. The molecule has 19 heavy (non-hydrogen) atoms. The second kappa shape index (κ2) is 6.89. The summed E-state index contributed by atoms with van der Waals surface area (Å²) in [6.07, 6.45) is 2.19. The molecule has 0 aliphatic heterocycles. The Morgan fingerprint density at radius 3 is 2.37 bits per heavy atom. The molecule has 1 fully saturated rings. The van der Waals surface area contributed by atoms with Crippen LogP contribution in [-0.4, -0.2) is 36.2 Å². The van der Waals surface area contributed by atoms with Gasteiger partial charge in [0, 0.05) is 13.0 Å². The normalized spacial score (nSPS) is 18.7. The van der Waals surface area contributed by atoms with Gasteiger partial charge in [-0.25, -0.2) is 0 Å². The maximum Gasteiger partial charge on any atom is 0.310 e. The monoisotopic (exact) mass is 271 g/mol. The lowest BCUT2D eigenvalue weighted by atomic mass is 9.66. The Bertz CT molecular complexity index is 323. The Labute approximate surface area is 114 Å². The van der Waals surface area contributed by atoms with E-state index < -0.39 is 11.4 Å². The van der Waals surface area contributed by atoms with Crippen molar-refractivity contribution in [2.45, 2.75) is 52.5 Å². The Morgan fingerprint density at radius 1 is 1.37 bits per heavy atom. The largest absolute Gasteiger partial charge is 0.481 e. The maximum atomic E-state index is 12.0. The SMILES string of the molecule is CCOCC(NC(=O)CC1(C(=O)O)CCC1)C(C)C. The van der Waals surface area contributed by atoms with E-state index in [0.717, 1.165) is 6.42 Å². The van der Waals surface area contributed by atoms with Gasteiger partial charge >= 0.3 is 5.97 Å². The average molecular weight is 271 g/mol. The van der Waals surface area contributed by atoms with E-state index in [1.807, 2.05) is 20.8 Å². The molecule has 0 saturated heterocycles. The number of hydrogen-bond acceptors (Lipinski definition) is 3. The van der Waals surface area contributed by atoms with Crippen LogP contribution < -0.4 is 5.32 Å². The summed E-state index contributed by atoms with van der Waals surface area (Å²) in [6.45, 7) is 7.02. The number of carbonyl (C=O) groups excluding carboxylic acids is 1. The van der Waals surface area contributed by atoms with Crippen LogP contribution in [0.4, 0.5) is 0 Å². The zero-order valence-corrected chi connectivity index (χ0v) is 12.1. The predicted molar refractivity (Wildman–Crippen MR) is 71.8 cm³/mol. The van der Waals surface area contributed by atoms with Crippen LogP contribution in [0.1, 0.15) is 46.5 Å². The fourth-order valence-electron chi connectivity index (χ4n) is 2.28. The lowest BCUT2D eigenvalue weighted by molar-refractivity contribution is -0.157. The number of rotatable bonds is 8. The molecule has 0 spiro atoms. The number of hydrogen-bond donors (Lipinski definition) is 2. The fraction of sp³-hybridized carbons (Fsp3) is 0.857. The van der Waals surface area contributed by atoms with Gasteiger partial charge in [-0.3, -0.25) is 9.59 Å². The van der Waals surface area contributed by atoms with E-state index in [-0.39, 0.29) is 24.3 Å². The molecule has 5 nitrogen and oxygen atoms in total. The molecule has 1 aliphatic carbocycles. The second-order valence-electron chi connectivity index (χ2n) is 5.69. The van der Waals surface area contributed by atoms with Crippen molar-refractivity contribution in [2.24, 2.45) is 11.3 Å². The van der Waals surface area contributed by atoms with E-state index in [1.54, 1.807) is 0 Å². The molecule has 1 unspecified atom stereocenters. The first kappa shape index (κ1) is 16.0. The van der Waals surface area contributed by atoms with Gasteiger partial charge in [0.2, 0.25) is 5.91 Å². The highest BCUT2D eigenvalue weighted by Crippen LogP contribution is 2.44. The van der Waals surface area contributed by atoms with Crippen molar-refractivity contribution < 1.29 is 19.4 Å². The van der Waals surface area contributed by atoms with E-state index in [9.17, 15) is 14.7 Å². The molecule has 110 valence electrons. The lowest BCUT2D eigenvalue weighted by Crippen LogP contribution is -2.47. The molecule has 1 rings (SSSR count). The first-order valence-corrected chi connectivity index (χ1v) is 7.02. The molecule has 5 heteroatoms. The first-order chi connectivity index (χ1) is 8.91. The smallest absolute Gasteiger partial charge is 0.310 e. The van der Waals surface area contributed by atoms with Crippen molar-refractivity contribution >= 4 is 11.9 Å². The van der Waals surface area contributed by atoms with Crippen LogP contribution in [0.3, 0.4) is 0 Å². The number of carbonyl (C=O) groups is 2. The number of amides is 1. The molecule has 0 heterocycles. The molecular formula is C14H25NO4. The zero-order chi connectivity index (χ0) is 14.5. The van der Waals surface area contributed by atoms with Gasteiger partial charge in [0.15, 0.2) is 0 Å². The molecule has 0 bridgehead atoms. The van der Waals surface area contributed by atoms with Gasteiger partial charge in [-0.05, 0) is 25.7 Å². The maximum absolute atomic E-state index is 12.0. The quantitative estimate of drug-likeness (QED) is 0.706. The van der Waals surface area contributed by atoms with Crippen molar-refractivity contribution in [1.29, 1.82) is 0 Å². The Hall–Kier alpha value is -1.10. The van der Waals surface area contributed by atoms with Crippen molar-refractivity contribution in [2.75, 3.05) is 13.2 Å². The molecule has 1 saturated carbocycles. The fourth-order valence-corrected chi connectivity index (χ4v) is 2.28. The molecule has 1 atom stereocenters. The molecule has 0 aromatic heterocycles. The van der Waals surface area contributed by atoms with E-state index in [2.05, 4.69) is 5.32 Å². The molecule has 1 aliphatic rings. The van der Waals surface area contributed by atoms with Gasteiger partial charge in [0.25, 0.3) is 0 Å². The third kappa shape index (κ3) is 4.20. The highest BCUT2D eigenvalue weighted by Gasteiger charge is 2.46. The van der Waals surface area contributed by atoms with E-state index in [1.165, 1.54) is 0 Å². The number of carboxylic acids is 1. The van der Waals surface area contributed by atoms with Gasteiger partial charge < -0.3 is 15.2 Å². The summed E-state index contributed by atoms with van der Waals surface area (Å²) < 4.78 is 5.34. The van der Waals surface area contributed by atoms with Gasteiger partial charge in [-0.2, -0.15) is 0 Å². The minimum absolute atomic E-state index is 0.0571. The van der Waals surface area contributed by atoms with Crippen LogP contribution >= 0.6 is 0 Å². The van der Waals surface area contributed by atoms with Gasteiger partial charge in [-0.1, -0.05) is 20.3 Å². The molecule has 0 aromatic carbocycles. The molecule has 2 N–H and O–H groups in total. The lowest BCUT2D eigenvalue weighted by Gasteiger charge is -2.37. The highest BCUT2D eigenvalue weighted by atomic mass is 16.5. The third-order valence-corrected chi connectivity index (χ3v) is 3.92. The van der Waals surface area contributed by atoms with Crippen molar-refractivity contribution in [1.82, 2.24) is 5.32 Å². The van der Waals surface area contributed by atoms with Gasteiger partial charge in [0.1, 0.15) is 0 Å². The summed E-state index contributed by atoms with van der Waals surface area (Å²) >= 11 is 0. The predicted octanol–water partition coefficient (Wildman–Crippen LogP) is 1.81. The van der Waals surface area contributed by atoms with Crippen LogP contribution in [0.15, 0.2) is 0 Å². The number of aliphatic carboxylic acids is 1. The van der Waals surface area contributed by atoms with Crippen LogP contribution in [0.2, 0.25) is 0 Å². The molecule has 0 aromatic rings. The Kier molecular flexibility index (Phi) is 5.79.